The van der Waals surface area contributed by atoms with Crippen LogP contribution in [0.2, 0.25) is 0 Å². The van der Waals surface area contributed by atoms with Gasteiger partial charge in [-0.15, -0.1) is 13.2 Å². The highest BCUT2D eigenvalue weighted by Gasteiger charge is 2.46. The topological polar surface area (TPSA) is 233 Å². The molecule has 4 aromatic carbocycles. The first-order valence-corrected chi connectivity index (χ1v) is 24.1. The SMILES string of the molecule is COc1cc2c(Oc3ccc(NC(=O)c4c(C)n(C)c5ccc(OC(F)(F)F)cc5c4=O)cc3F)ncnc2cc1OCCCC(=O)N1CC2CC(C1)N2CC(=O)Nc1ccc2c(c1)CN(C1CCC(=O)NC1=O)C2=O. The van der Waals surface area contributed by atoms with Crippen LogP contribution in [0.15, 0.2) is 77.9 Å². The van der Waals surface area contributed by atoms with E-state index in [-0.39, 0.29) is 120 Å². The Morgan fingerprint density at radius 1 is 0.882 bits per heavy atom. The summed E-state index contributed by atoms with van der Waals surface area (Å²) in [6, 6.07) is 14.2. The van der Waals surface area contributed by atoms with Gasteiger partial charge in [0.25, 0.3) is 11.8 Å². The number of methoxy groups -OCH3 is 1. The second-order valence-corrected chi connectivity index (χ2v) is 18.8. The van der Waals surface area contributed by atoms with Crippen LogP contribution in [0.4, 0.5) is 28.9 Å². The molecule has 2 bridgehead atoms. The summed E-state index contributed by atoms with van der Waals surface area (Å²) in [4.78, 5) is 104. The molecule has 4 saturated heterocycles. The Bertz CT molecular complexity index is 3470. The van der Waals surface area contributed by atoms with Crippen molar-refractivity contribution in [1.29, 1.82) is 0 Å². The molecule has 7 heterocycles. The van der Waals surface area contributed by atoms with Gasteiger partial charge in [0.15, 0.2) is 23.1 Å². The second-order valence-electron chi connectivity index (χ2n) is 18.8. The highest BCUT2D eigenvalue weighted by molar-refractivity contribution is 6.07. The van der Waals surface area contributed by atoms with E-state index in [0.717, 1.165) is 24.6 Å². The Labute approximate surface area is 428 Å². The molecular weight excluding hydrogens is 1000 g/mol. The van der Waals surface area contributed by atoms with Crippen molar-refractivity contribution in [3.8, 4) is 28.9 Å². The molecule has 0 radical (unpaired) electrons. The molecule has 0 saturated carbocycles. The van der Waals surface area contributed by atoms with Gasteiger partial charge >= 0.3 is 6.36 Å². The highest BCUT2D eigenvalue weighted by Crippen LogP contribution is 2.38. The zero-order valence-electron chi connectivity index (χ0n) is 40.9. The first-order valence-electron chi connectivity index (χ1n) is 24.1. The van der Waals surface area contributed by atoms with E-state index >= 15 is 4.39 Å². The van der Waals surface area contributed by atoms with E-state index in [4.69, 9.17) is 14.2 Å². The molecule has 20 nitrogen and oxygen atoms in total. The molecule has 24 heteroatoms. The number of halogens is 4. The molecule has 6 aromatic rings. The molecule has 5 aliphatic heterocycles. The van der Waals surface area contributed by atoms with Crippen LogP contribution in [0.1, 0.15) is 64.1 Å². The number of rotatable bonds is 15. The minimum absolute atomic E-state index is 0.0179. The van der Waals surface area contributed by atoms with Crippen molar-refractivity contribution in [2.75, 3.05) is 44.0 Å². The summed E-state index contributed by atoms with van der Waals surface area (Å²) in [7, 11) is 2.96. The van der Waals surface area contributed by atoms with Crippen LogP contribution < -0.4 is 40.3 Å². The number of pyridine rings is 1. The Morgan fingerprint density at radius 3 is 2.38 bits per heavy atom. The number of aryl methyl sites for hydroxylation is 1. The van der Waals surface area contributed by atoms with Gasteiger partial charge in [-0.25, -0.2) is 14.4 Å². The normalized spacial score (nSPS) is 18.2. The quantitative estimate of drug-likeness (QED) is 0.0634. The maximum atomic E-state index is 15.6. The maximum absolute atomic E-state index is 15.6. The van der Waals surface area contributed by atoms with Crippen LogP contribution in [0.5, 0.6) is 28.9 Å². The molecule has 3 atom stereocenters. The molecule has 394 valence electrons. The molecule has 6 amide bonds. The summed E-state index contributed by atoms with van der Waals surface area (Å²) in [6.45, 7) is 2.91. The number of carbonyl (C=O) groups excluding carboxylic acids is 6. The van der Waals surface area contributed by atoms with Crippen LogP contribution in [0.3, 0.4) is 0 Å². The summed E-state index contributed by atoms with van der Waals surface area (Å²) < 4.78 is 77.3. The van der Waals surface area contributed by atoms with E-state index in [1.807, 2.05) is 0 Å². The van der Waals surface area contributed by atoms with Gasteiger partial charge in [0.1, 0.15) is 23.7 Å². The fourth-order valence-corrected chi connectivity index (χ4v) is 10.2. The molecule has 11 rings (SSSR count). The summed E-state index contributed by atoms with van der Waals surface area (Å²) in [5.41, 5.74) is 1.18. The number of hydrogen-bond donors (Lipinski definition) is 3. The van der Waals surface area contributed by atoms with Gasteiger partial charge in [-0.05, 0) is 86.3 Å². The Hall–Kier alpha value is -8.67. The van der Waals surface area contributed by atoms with Crippen LogP contribution in [0.25, 0.3) is 21.8 Å². The number of benzene rings is 4. The molecule has 3 unspecified atom stereocenters. The van der Waals surface area contributed by atoms with Gasteiger partial charge in [-0.3, -0.25) is 43.8 Å². The molecular formula is C52H47F4N9O11. The standard InChI is InChI=1S/C52H47F4N9O11/c1-26-46(47(69)35-18-32(76-52(54,55)56)8-10-38(35)62(26)2)49(71)60-29-7-12-40(36(53)16-29)75-50-34-19-41(73-3)42(20-37(34)57-25-58-50)74-14-4-5-45(68)63-22-30-17-31(23-63)64(30)24-44(67)59-28-6-9-33-27(15-28)21-65(51(33)72)39-11-13-43(66)61-48(39)70/h6-10,12,15-16,18-20,25,30-31,39H,4-5,11,13-14,17,21-24H2,1-3H3,(H,59,67)(H,60,71)(H,61,66,70). The van der Waals surface area contributed by atoms with Crippen molar-refractivity contribution in [1.82, 2.24) is 34.6 Å². The van der Waals surface area contributed by atoms with Gasteiger partial charge in [-0.1, -0.05) is 0 Å². The fourth-order valence-electron chi connectivity index (χ4n) is 10.2. The number of carbonyl (C=O) groups is 6. The van der Waals surface area contributed by atoms with E-state index in [1.54, 1.807) is 35.2 Å². The van der Waals surface area contributed by atoms with Gasteiger partial charge < -0.3 is 43.9 Å². The molecule has 0 aliphatic carbocycles. The summed E-state index contributed by atoms with van der Waals surface area (Å²) in [6.07, 6.45) is -1.95. The van der Waals surface area contributed by atoms with E-state index in [0.29, 0.717) is 53.0 Å². The van der Waals surface area contributed by atoms with Crippen molar-refractivity contribution < 1.29 is 65.3 Å². The smallest absolute Gasteiger partial charge is 0.493 e. The number of fused-ring (bicyclic) bond motifs is 5. The van der Waals surface area contributed by atoms with Crippen LogP contribution >= 0.6 is 0 Å². The number of nitrogens with zero attached hydrogens (tertiary/aromatic N) is 6. The monoisotopic (exact) mass is 1050 g/mol. The highest BCUT2D eigenvalue weighted by atomic mass is 19.4. The molecule has 2 aromatic heterocycles. The predicted octanol–water partition coefficient (Wildman–Crippen LogP) is 5.72. The third-order valence-corrected chi connectivity index (χ3v) is 14.0. The molecule has 4 fully saturated rings. The number of hydrogen-bond acceptors (Lipinski definition) is 14. The van der Waals surface area contributed by atoms with E-state index < -0.39 is 41.2 Å². The Kier molecular flexibility index (Phi) is 13.5. The van der Waals surface area contributed by atoms with E-state index in [1.165, 1.54) is 55.1 Å². The van der Waals surface area contributed by atoms with Gasteiger partial charge in [0.05, 0.1) is 42.1 Å². The summed E-state index contributed by atoms with van der Waals surface area (Å²) in [5, 5.41) is 7.82. The zero-order valence-corrected chi connectivity index (χ0v) is 40.9. The summed E-state index contributed by atoms with van der Waals surface area (Å²) in [5.74, 6) is -3.65. The third kappa shape index (κ3) is 10.1. The lowest BCUT2D eigenvalue weighted by Crippen LogP contribution is -2.70. The van der Waals surface area contributed by atoms with Gasteiger partial charge in [0, 0.05) is 86.4 Å². The van der Waals surface area contributed by atoms with Crippen LogP contribution in [-0.4, -0.2) is 123 Å². The van der Waals surface area contributed by atoms with Crippen molar-refractivity contribution in [2.45, 2.75) is 70.1 Å². The number of nitrogens with one attached hydrogen (secondary N) is 3. The van der Waals surface area contributed by atoms with Gasteiger partial charge in [-0.2, -0.15) is 0 Å². The van der Waals surface area contributed by atoms with E-state index in [9.17, 15) is 46.7 Å². The second kappa shape index (κ2) is 20.2. The average Bonchev–Trinajstić information content (AvgIpc) is 3.71. The number of piperazine rings is 1. The lowest BCUT2D eigenvalue weighted by molar-refractivity contribution is -0.274. The maximum Gasteiger partial charge on any atom is 0.573 e. The van der Waals surface area contributed by atoms with E-state index in [2.05, 4.69) is 35.6 Å². The van der Waals surface area contributed by atoms with Crippen molar-refractivity contribution in [2.24, 2.45) is 7.05 Å². The molecule has 76 heavy (non-hydrogen) atoms. The van der Waals surface area contributed by atoms with Crippen molar-refractivity contribution >= 4 is 68.6 Å². The molecule has 0 spiro atoms. The first-order chi connectivity index (χ1) is 36.3. The number of piperidine rings is 2. The summed E-state index contributed by atoms with van der Waals surface area (Å²) >= 11 is 0. The van der Waals surface area contributed by atoms with Crippen molar-refractivity contribution in [3.63, 3.8) is 0 Å². The minimum atomic E-state index is -5.01. The molecule has 3 N–H and O–H groups in total. The first kappa shape index (κ1) is 50.8. The minimum Gasteiger partial charge on any atom is -0.493 e. The fraction of sp³-hybridized carbons (Fsp3) is 0.327. The Morgan fingerprint density at radius 2 is 1.64 bits per heavy atom. The third-order valence-electron chi connectivity index (χ3n) is 14.0. The number of imide groups is 1. The molecule has 5 aliphatic rings. The van der Waals surface area contributed by atoms with Crippen molar-refractivity contribution in [3.05, 3.63) is 111 Å². The number of alkyl halides is 3. The van der Waals surface area contributed by atoms with Crippen LogP contribution in [0, 0.1) is 12.7 Å². The number of ether oxygens (including phenoxy) is 4. The number of anilines is 2. The average molecular weight is 1050 g/mol. The predicted molar refractivity (Wildman–Crippen MR) is 262 cm³/mol. The number of aromatic nitrogens is 3. The largest absolute Gasteiger partial charge is 0.573 e. The lowest BCUT2D eigenvalue weighted by Gasteiger charge is -2.56. The zero-order chi connectivity index (χ0) is 53.7. The van der Waals surface area contributed by atoms with Crippen LogP contribution in [-0.2, 0) is 32.8 Å². The Balaban J connectivity index is 0.703. The lowest BCUT2D eigenvalue weighted by atomic mass is 9.87. The number of amides is 6. The van der Waals surface area contributed by atoms with Gasteiger partial charge in [0.2, 0.25) is 34.9 Å².